The lowest BCUT2D eigenvalue weighted by Gasteiger charge is -2.52. The van der Waals surface area contributed by atoms with Crippen molar-refractivity contribution in [1.29, 1.82) is 0 Å². The van der Waals surface area contributed by atoms with E-state index in [1.807, 2.05) is 6.08 Å². The summed E-state index contributed by atoms with van der Waals surface area (Å²) in [6, 6.07) is 0. The van der Waals surface area contributed by atoms with Crippen molar-refractivity contribution in [3.05, 3.63) is 11.8 Å². The van der Waals surface area contributed by atoms with Gasteiger partial charge in [-0.3, -0.25) is 15.2 Å². The first-order valence-corrected chi connectivity index (χ1v) is 7.92. The maximum absolute atomic E-state index is 11.9. The van der Waals surface area contributed by atoms with E-state index in [0.717, 1.165) is 45.6 Å². The van der Waals surface area contributed by atoms with Crippen LogP contribution in [0.25, 0.3) is 0 Å². The second-order valence-electron chi connectivity index (χ2n) is 5.80. The average Bonchev–Trinajstić information content (AvgIpc) is 2.55. The van der Waals surface area contributed by atoms with Gasteiger partial charge in [-0.1, -0.05) is 6.42 Å². The van der Waals surface area contributed by atoms with Crippen LogP contribution in [-0.2, 0) is 19.1 Å². The summed E-state index contributed by atoms with van der Waals surface area (Å²) in [4.78, 5) is 20.3. The van der Waals surface area contributed by atoms with Crippen LogP contribution >= 0.6 is 0 Å². The van der Waals surface area contributed by atoms with Crippen LogP contribution in [0.2, 0.25) is 0 Å². The minimum absolute atomic E-state index is 0.227. The molecule has 1 saturated heterocycles. The third-order valence-electron chi connectivity index (χ3n) is 4.63. The number of nitrogens with one attached hydrogen (secondary N) is 1. The lowest BCUT2D eigenvalue weighted by Crippen LogP contribution is -2.63. The van der Waals surface area contributed by atoms with Gasteiger partial charge in [-0.25, -0.2) is 4.79 Å². The van der Waals surface area contributed by atoms with E-state index in [9.17, 15) is 4.79 Å². The SMILES string of the molecule is CCOC(=O)C1=CC2CCCCC2(N2CCOCC2)ON1. The Morgan fingerprint density at radius 2 is 2.29 bits per heavy atom. The first-order valence-electron chi connectivity index (χ1n) is 7.92. The highest BCUT2D eigenvalue weighted by atomic mass is 16.7. The number of hydrogen-bond acceptors (Lipinski definition) is 6. The van der Waals surface area contributed by atoms with E-state index in [0.29, 0.717) is 12.3 Å². The standard InChI is InChI=1S/C15H24N2O4/c1-2-20-14(18)13-11-12-5-3-4-6-15(12,21-16-13)17-7-9-19-10-8-17/h11-12,16H,2-10H2,1H3. The largest absolute Gasteiger partial charge is 0.461 e. The molecule has 1 N–H and O–H groups in total. The van der Waals surface area contributed by atoms with Crippen molar-refractivity contribution in [1.82, 2.24) is 10.4 Å². The molecule has 0 radical (unpaired) electrons. The first-order chi connectivity index (χ1) is 10.3. The molecule has 118 valence electrons. The number of carbonyl (C=O) groups excluding carboxylic acids is 1. The Kier molecular flexibility index (Phi) is 4.47. The number of nitrogens with zero attached hydrogens (tertiary/aromatic N) is 1. The molecule has 0 spiro atoms. The summed E-state index contributed by atoms with van der Waals surface area (Å²) in [5.74, 6) is -0.108. The van der Waals surface area contributed by atoms with Gasteiger partial charge in [0.15, 0.2) is 5.72 Å². The van der Waals surface area contributed by atoms with Crippen LogP contribution in [0.5, 0.6) is 0 Å². The maximum atomic E-state index is 11.9. The number of esters is 1. The second kappa shape index (κ2) is 6.34. The number of morpholine rings is 1. The Labute approximate surface area is 125 Å². The van der Waals surface area contributed by atoms with Crippen LogP contribution in [0, 0.1) is 5.92 Å². The van der Waals surface area contributed by atoms with Crippen LogP contribution < -0.4 is 5.48 Å². The van der Waals surface area contributed by atoms with Gasteiger partial charge in [-0.05, 0) is 32.3 Å². The number of hydroxylamine groups is 1. The lowest BCUT2D eigenvalue weighted by molar-refractivity contribution is -0.247. The third-order valence-corrected chi connectivity index (χ3v) is 4.63. The fraction of sp³-hybridized carbons (Fsp3) is 0.800. The van der Waals surface area contributed by atoms with Crippen molar-refractivity contribution in [2.45, 2.75) is 38.3 Å². The summed E-state index contributed by atoms with van der Waals surface area (Å²) in [6.45, 7) is 5.41. The zero-order valence-electron chi connectivity index (χ0n) is 12.6. The van der Waals surface area contributed by atoms with E-state index in [4.69, 9.17) is 14.3 Å². The van der Waals surface area contributed by atoms with E-state index in [-0.39, 0.29) is 17.6 Å². The van der Waals surface area contributed by atoms with Gasteiger partial charge in [0.2, 0.25) is 0 Å². The highest BCUT2D eigenvalue weighted by Gasteiger charge is 2.49. The molecular weight excluding hydrogens is 272 g/mol. The van der Waals surface area contributed by atoms with Gasteiger partial charge >= 0.3 is 5.97 Å². The fourth-order valence-corrected chi connectivity index (χ4v) is 3.59. The molecule has 2 atom stereocenters. The molecule has 3 rings (SSSR count). The zero-order valence-corrected chi connectivity index (χ0v) is 12.6. The van der Waals surface area contributed by atoms with E-state index in [1.54, 1.807) is 6.92 Å². The Morgan fingerprint density at radius 1 is 1.48 bits per heavy atom. The van der Waals surface area contributed by atoms with Crippen molar-refractivity contribution in [2.24, 2.45) is 5.92 Å². The minimum Gasteiger partial charge on any atom is -0.461 e. The average molecular weight is 296 g/mol. The monoisotopic (exact) mass is 296 g/mol. The van der Waals surface area contributed by atoms with Crippen LogP contribution in [-0.4, -0.2) is 49.5 Å². The summed E-state index contributed by atoms with van der Waals surface area (Å²) >= 11 is 0. The predicted molar refractivity (Wildman–Crippen MR) is 76.0 cm³/mol. The number of fused-ring (bicyclic) bond motifs is 1. The molecule has 0 aromatic rings. The van der Waals surface area contributed by atoms with Crippen LogP contribution in [0.1, 0.15) is 32.6 Å². The summed E-state index contributed by atoms with van der Waals surface area (Å²) in [6.07, 6.45) is 6.36. The smallest absolute Gasteiger partial charge is 0.356 e. The van der Waals surface area contributed by atoms with E-state index < -0.39 is 0 Å². The summed E-state index contributed by atoms with van der Waals surface area (Å²) in [5.41, 5.74) is 2.95. The number of carbonyl (C=O) groups is 1. The van der Waals surface area contributed by atoms with Gasteiger partial charge < -0.3 is 9.47 Å². The van der Waals surface area contributed by atoms with Crippen molar-refractivity contribution in [3.63, 3.8) is 0 Å². The topological polar surface area (TPSA) is 60.0 Å². The van der Waals surface area contributed by atoms with Crippen molar-refractivity contribution < 1.29 is 19.1 Å². The van der Waals surface area contributed by atoms with Crippen LogP contribution in [0.15, 0.2) is 11.8 Å². The molecule has 3 aliphatic rings. The number of hydrogen-bond donors (Lipinski definition) is 1. The van der Waals surface area contributed by atoms with E-state index in [1.165, 1.54) is 6.42 Å². The maximum Gasteiger partial charge on any atom is 0.356 e. The van der Waals surface area contributed by atoms with Crippen LogP contribution in [0.4, 0.5) is 0 Å². The first kappa shape index (κ1) is 14.8. The van der Waals surface area contributed by atoms with Gasteiger partial charge in [0.05, 0.1) is 19.8 Å². The fourth-order valence-electron chi connectivity index (χ4n) is 3.59. The lowest BCUT2D eigenvalue weighted by atomic mass is 9.78. The Hall–Kier alpha value is -1.11. The predicted octanol–water partition coefficient (Wildman–Crippen LogP) is 1.19. The molecule has 0 bridgehead atoms. The summed E-state index contributed by atoms with van der Waals surface area (Å²) < 4.78 is 10.5. The molecule has 6 heteroatoms. The molecule has 6 nitrogen and oxygen atoms in total. The Balaban J connectivity index is 1.81. The van der Waals surface area contributed by atoms with Gasteiger partial charge in [-0.15, -0.1) is 0 Å². The van der Waals surface area contributed by atoms with Crippen molar-refractivity contribution in [2.75, 3.05) is 32.9 Å². The van der Waals surface area contributed by atoms with Crippen molar-refractivity contribution in [3.8, 4) is 0 Å². The molecule has 1 aliphatic carbocycles. The summed E-state index contributed by atoms with van der Waals surface area (Å²) in [5, 5.41) is 0. The van der Waals surface area contributed by atoms with E-state index in [2.05, 4.69) is 10.4 Å². The van der Waals surface area contributed by atoms with Gasteiger partial charge in [0.25, 0.3) is 0 Å². The molecule has 2 fully saturated rings. The van der Waals surface area contributed by atoms with E-state index >= 15 is 0 Å². The second-order valence-corrected chi connectivity index (χ2v) is 5.80. The molecule has 0 aromatic heterocycles. The molecular formula is C15H24N2O4. The summed E-state index contributed by atoms with van der Waals surface area (Å²) in [7, 11) is 0. The van der Waals surface area contributed by atoms with Gasteiger partial charge in [0, 0.05) is 19.0 Å². The van der Waals surface area contributed by atoms with Gasteiger partial charge in [0.1, 0.15) is 5.70 Å². The minimum atomic E-state index is -0.335. The Morgan fingerprint density at radius 3 is 3.05 bits per heavy atom. The normalized spacial score (nSPS) is 33.6. The van der Waals surface area contributed by atoms with Crippen molar-refractivity contribution >= 4 is 5.97 Å². The molecule has 0 aromatic carbocycles. The molecule has 0 amide bonds. The third kappa shape index (κ3) is 2.80. The van der Waals surface area contributed by atoms with Gasteiger partial charge in [-0.2, -0.15) is 0 Å². The molecule has 2 aliphatic heterocycles. The quantitative estimate of drug-likeness (QED) is 0.789. The highest BCUT2D eigenvalue weighted by Crippen LogP contribution is 2.42. The number of rotatable bonds is 3. The molecule has 2 unspecified atom stereocenters. The zero-order chi connectivity index (χ0) is 14.7. The number of ether oxygens (including phenoxy) is 2. The molecule has 21 heavy (non-hydrogen) atoms. The highest BCUT2D eigenvalue weighted by molar-refractivity contribution is 5.87. The van der Waals surface area contributed by atoms with Crippen LogP contribution in [0.3, 0.4) is 0 Å². The molecule has 1 saturated carbocycles. The Bertz CT molecular complexity index is 420. The molecule has 2 heterocycles.